The topological polar surface area (TPSA) is 49.4 Å². The van der Waals surface area contributed by atoms with Crippen molar-refractivity contribution in [2.45, 2.75) is 38.6 Å². The van der Waals surface area contributed by atoms with E-state index >= 15 is 0 Å². The van der Waals surface area contributed by atoms with Crippen molar-refractivity contribution in [2.24, 2.45) is 5.92 Å². The Morgan fingerprint density at radius 2 is 1.59 bits per heavy atom. The zero-order valence-electron chi connectivity index (χ0n) is 20.9. The first-order valence-electron chi connectivity index (χ1n) is 12.1. The first kappa shape index (κ1) is 29.4. The number of nitrogens with one attached hydrogen (secondary N) is 1. The SMILES string of the molecule is CC(C)CNC(=O)[C@H](Cc1ccccc1)N(Cc1cccc(Cl)c1)C(=O)CSCc1ccc(Cl)cc1Cl. The van der Waals surface area contributed by atoms with Gasteiger partial charge in [0.15, 0.2) is 0 Å². The third kappa shape index (κ3) is 9.57. The predicted octanol–water partition coefficient (Wildman–Crippen LogP) is 7.29. The number of thioether (sulfide) groups is 1. The number of nitrogens with zero attached hydrogens (tertiary/aromatic N) is 1. The summed E-state index contributed by atoms with van der Waals surface area (Å²) in [6.07, 6.45) is 0.407. The minimum Gasteiger partial charge on any atom is -0.354 e. The molecule has 3 aromatic carbocycles. The lowest BCUT2D eigenvalue weighted by molar-refractivity contribution is -0.139. The number of halogens is 3. The summed E-state index contributed by atoms with van der Waals surface area (Å²) in [6, 6.07) is 21.8. The Balaban J connectivity index is 1.85. The van der Waals surface area contributed by atoms with E-state index in [9.17, 15) is 9.59 Å². The third-order valence-corrected chi connectivity index (χ3v) is 7.48. The average Bonchev–Trinajstić information content (AvgIpc) is 2.86. The minimum atomic E-state index is -0.674. The van der Waals surface area contributed by atoms with Crippen LogP contribution in [0.15, 0.2) is 72.8 Å². The van der Waals surface area contributed by atoms with Crippen molar-refractivity contribution in [1.82, 2.24) is 10.2 Å². The number of rotatable bonds is 12. The second-order valence-corrected chi connectivity index (χ2v) is 11.5. The van der Waals surface area contributed by atoms with Crippen LogP contribution in [0.3, 0.4) is 0 Å². The maximum atomic E-state index is 13.7. The summed E-state index contributed by atoms with van der Waals surface area (Å²) in [4.78, 5) is 28.8. The lowest BCUT2D eigenvalue weighted by Crippen LogP contribution is -2.51. The van der Waals surface area contributed by atoms with E-state index in [4.69, 9.17) is 34.8 Å². The van der Waals surface area contributed by atoms with Crippen molar-refractivity contribution in [3.8, 4) is 0 Å². The van der Waals surface area contributed by atoms with Gasteiger partial charge >= 0.3 is 0 Å². The molecule has 0 aromatic heterocycles. The standard InChI is InChI=1S/C29H31Cl3N2O2S/c1-20(2)16-33-29(36)27(14-21-7-4-3-5-8-21)34(17-22-9-6-10-24(30)13-22)28(35)19-37-18-23-11-12-25(31)15-26(23)32/h3-13,15,20,27H,14,16-19H2,1-2H3,(H,33,36)/t27-/m0/s1. The number of benzene rings is 3. The Hall–Kier alpha value is -2.18. The molecule has 0 saturated carbocycles. The molecule has 0 aliphatic rings. The van der Waals surface area contributed by atoms with Crippen LogP contribution in [0.5, 0.6) is 0 Å². The number of hydrogen-bond acceptors (Lipinski definition) is 3. The van der Waals surface area contributed by atoms with E-state index in [-0.39, 0.29) is 30.0 Å². The van der Waals surface area contributed by atoms with Crippen LogP contribution in [0.1, 0.15) is 30.5 Å². The van der Waals surface area contributed by atoms with E-state index in [1.165, 1.54) is 11.8 Å². The summed E-state index contributed by atoms with van der Waals surface area (Å²) >= 11 is 20.0. The van der Waals surface area contributed by atoms with E-state index in [0.717, 1.165) is 16.7 Å². The van der Waals surface area contributed by atoms with Gasteiger partial charge < -0.3 is 10.2 Å². The molecule has 0 bridgehead atoms. The highest BCUT2D eigenvalue weighted by atomic mass is 35.5. The maximum absolute atomic E-state index is 13.7. The van der Waals surface area contributed by atoms with Crippen LogP contribution in [0, 0.1) is 5.92 Å². The second-order valence-electron chi connectivity index (χ2n) is 9.22. The molecule has 4 nitrogen and oxygen atoms in total. The maximum Gasteiger partial charge on any atom is 0.243 e. The molecule has 0 aliphatic heterocycles. The predicted molar refractivity (Wildman–Crippen MR) is 156 cm³/mol. The van der Waals surface area contributed by atoms with E-state index in [1.54, 1.807) is 23.1 Å². The van der Waals surface area contributed by atoms with Crippen molar-refractivity contribution < 1.29 is 9.59 Å². The van der Waals surface area contributed by atoms with Crippen LogP contribution in [0.25, 0.3) is 0 Å². The fourth-order valence-electron chi connectivity index (χ4n) is 3.78. The molecular weight excluding hydrogens is 547 g/mol. The van der Waals surface area contributed by atoms with Gasteiger partial charge in [-0.1, -0.05) is 97.2 Å². The van der Waals surface area contributed by atoms with Gasteiger partial charge in [-0.3, -0.25) is 9.59 Å². The van der Waals surface area contributed by atoms with Gasteiger partial charge in [-0.2, -0.15) is 0 Å². The fraction of sp³-hybridized carbons (Fsp3) is 0.310. The van der Waals surface area contributed by atoms with Gasteiger partial charge in [-0.25, -0.2) is 0 Å². The Labute approximate surface area is 238 Å². The van der Waals surface area contributed by atoms with Crippen LogP contribution in [0.2, 0.25) is 15.1 Å². The van der Waals surface area contributed by atoms with E-state index in [2.05, 4.69) is 5.32 Å². The highest BCUT2D eigenvalue weighted by molar-refractivity contribution is 7.99. The van der Waals surface area contributed by atoms with Crippen molar-refractivity contribution in [3.63, 3.8) is 0 Å². The molecule has 1 atom stereocenters. The van der Waals surface area contributed by atoms with Gasteiger partial charge in [0.25, 0.3) is 0 Å². The van der Waals surface area contributed by atoms with Gasteiger partial charge in [0, 0.05) is 40.3 Å². The molecule has 0 radical (unpaired) electrons. The Morgan fingerprint density at radius 3 is 2.27 bits per heavy atom. The highest BCUT2D eigenvalue weighted by Gasteiger charge is 2.30. The molecule has 2 amide bonds. The number of amides is 2. The van der Waals surface area contributed by atoms with Gasteiger partial charge in [0.2, 0.25) is 11.8 Å². The van der Waals surface area contributed by atoms with Crippen LogP contribution < -0.4 is 5.32 Å². The largest absolute Gasteiger partial charge is 0.354 e. The summed E-state index contributed by atoms with van der Waals surface area (Å²) in [5.74, 6) is 0.741. The van der Waals surface area contributed by atoms with Crippen molar-refractivity contribution >= 4 is 58.4 Å². The lowest BCUT2D eigenvalue weighted by Gasteiger charge is -2.32. The molecule has 0 saturated heterocycles. The number of hydrogen-bond donors (Lipinski definition) is 1. The Bertz CT molecular complexity index is 1190. The van der Waals surface area contributed by atoms with E-state index in [0.29, 0.717) is 33.8 Å². The number of carbonyl (C=O) groups excluding carboxylic acids is 2. The summed E-state index contributed by atoms with van der Waals surface area (Å²) < 4.78 is 0. The van der Waals surface area contributed by atoms with Gasteiger partial charge in [-0.15, -0.1) is 11.8 Å². The first-order chi connectivity index (χ1) is 17.7. The molecule has 1 N–H and O–H groups in total. The van der Waals surface area contributed by atoms with Crippen molar-refractivity contribution in [2.75, 3.05) is 12.3 Å². The van der Waals surface area contributed by atoms with Gasteiger partial charge in [0.1, 0.15) is 6.04 Å². The van der Waals surface area contributed by atoms with Gasteiger partial charge in [-0.05, 0) is 46.9 Å². The lowest BCUT2D eigenvalue weighted by atomic mass is 10.0. The fourth-order valence-corrected chi connectivity index (χ4v) is 5.46. The monoisotopic (exact) mass is 576 g/mol. The first-order valence-corrected chi connectivity index (χ1v) is 14.4. The van der Waals surface area contributed by atoms with Crippen LogP contribution in [0.4, 0.5) is 0 Å². The normalized spacial score (nSPS) is 11.8. The average molecular weight is 578 g/mol. The molecule has 0 unspecified atom stereocenters. The zero-order chi connectivity index (χ0) is 26.8. The third-order valence-electron chi connectivity index (χ3n) is 5.70. The molecule has 196 valence electrons. The zero-order valence-corrected chi connectivity index (χ0v) is 24.0. The van der Waals surface area contributed by atoms with Crippen LogP contribution in [-0.2, 0) is 28.3 Å². The molecule has 3 aromatic rings. The van der Waals surface area contributed by atoms with E-state index < -0.39 is 6.04 Å². The molecule has 0 heterocycles. The minimum absolute atomic E-state index is 0.129. The molecule has 8 heteroatoms. The molecule has 3 rings (SSSR count). The number of carbonyl (C=O) groups is 2. The van der Waals surface area contributed by atoms with E-state index in [1.807, 2.05) is 68.4 Å². The summed E-state index contributed by atoms with van der Waals surface area (Å²) in [7, 11) is 0. The molecule has 0 fully saturated rings. The second kappa shape index (κ2) is 14.7. The van der Waals surface area contributed by atoms with Crippen LogP contribution in [-0.4, -0.2) is 35.1 Å². The molecular formula is C29H31Cl3N2O2S. The summed E-state index contributed by atoms with van der Waals surface area (Å²) in [5.41, 5.74) is 2.75. The van der Waals surface area contributed by atoms with Crippen molar-refractivity contribution in [3.05, 3.63) is 105 Å². The summed E-state index contributed by atoms with van der Waals surface area (Å²) in [5, 5.41) is 4.75. The highest BCUT2D eigenvalue weighted by Crippen LogP contribution is 2.25. The molecule has 0 aliphatic carbocycles. The Morgan fingerprint density at radius 1 is 0.892 bits per heavy atom. The van der Waals surface area contributed by atoms with Gasteiger partial charge in [0.05, 0.1) is 5.75 Å². The molecule has 0 spiro atoms. The smallest absolute Gasteiger partial charge is 0.243 e. The summed E-state index contributed by atoms with van der Waals surface area (Å²) in [6.45, 7) is 4.89. The quantitative estimate of drug-likeness (QED) is 0.246. The molecule has 37 heavy (non-hydrogen) atoms. The van der Waals surface area contributed by atoms with Crippen LogP contribution >= 0.6 is 46.6 Å². The Kier molecular flexibility index (Phi) is 11.7. The van der Waals surface area contributed by atoms with Crippen molar-refractivity contribution in [1.29, 1.82) is 0 Å².